The Morgan fingerprint density at radius 1 is 1.05 bits per heavy atom. The van der Waals surface area contributed by atoms with Gasteiger partial charge in [0.1, 0.15) is 0 Å². The Labute approximate surface area is 128 Å². The lowest BCUT2D eigenvalue weighted by atomic mass is 10.1. The van der Waals surface area contributed by atoms with E-state index >= 15 is 0 Å². The summed E-state index contributed by atoms with van der Waals surface area (Å²) < 4.78 is 1.77. The lowest BCUT2D eigenvalue weighted by molar-refractivity contribution is 0.576. The summed E-state index contributed by atoms with van der Waals surface area (Å²) in [5.74, 6) is 0.460. The number of nitrogen functional groups attached to an aromatic ring is 1. The molecule has 0 radical (unpaired) electrons. The molecule has 112 valence electrons. The zero-order valence-electron chi connectivity index (χ0n) is 12.3. The highest BCUT2D eigenvalue weighted by Crippen LogP contribution is 2.28. The molecular formula is C16H18N6. The van der Waals surface area contributed by atoms with E-state index in [1.807, 2.05) is 30.6 Å². The van der Waals surface area contributed by atoms with Gasteiger partial charge in [0.15, 0.2) is 11.5 Å². The van der Waals surface area contributed by atoms with Gasteiger partial charge in [-0.1, -0.05) is 6.07 Å². The average Bonchev–Trinajstić information content (AvgIpc) is 2.91. The molecular weight excluding hydrogens is 276 g/mol. The third-order valence-electron chi connectivity index (χ3n) is 4.13. The van der Waals surface area contributed by atoms with E-state index in [1.54, 1.807) is 10.7 Å². The molecule has 1 aliphatic rings. The van der Waals surface area contributed by atoms with Crippen LogP contribution in [0.4, 0.5) is 11.5 Å². The highest BCUT2D eigenvalue weighted by Gasteiger charge is 2.17. The van der Waals surface area contributed by atoms with Crippen molar-refractivity contribution in [2.75, 3.05) is 23.7 Å². The van der Waals surface area contributed by atoms with Crippen LogP contribution in [-0.4, -0.2) is 32.7 Å². The highest BCUT2D eigenvalue weighted by atomic mass is 15.3. The fraction of sp³-hybridized carbons (Fsp3) is 0.312. The van der Waals surface area contributed by atoms with Crippen LogP contribution in [0.25, 0.3) is 16.9 Å². The van der Waals surface area contributed by atoms with Crippen LogP contribution in [0, 0.1) is 0 Å². The number of fused-ring (bicyclic) bond motifs is 1. The second-order valence-corrected chi connectivity index (χ2v) is 5.60. The molecule has 0 aliphatic carbocycles. The van der Waals surface area contributed by atoms with Gasteiger partial charge in [-0.3, -0.25) is 4.98 Å². The summed E-state index contributed by atoms with van der Waals surface area (Å²) in [6.07, 6.45) is 9.45. The molecule has 0 bridgehead atoms. The zero-order valence-corrected chi connectivity index (χ0v) is 12.3. The summed E-state index contributed by atoms with van der Waals surface area (Å²) in [5.41, 5.74) is 9.53. The van der Waals surface area contributed by atoms with Crippen molar-refractivity contribution >= 4 is 17.2 Å². The van der Waals surface area contributed by atoms with Gasteiger partial charge in [-0.05, 0) is 31.4 Å². The minimum atomic E-state index is 0.460. The van der Waals surface area contributed by atoms with Crippen LogP contribution in [0.1, 0.15) is 19.3 Å². The van der Waals surface area contributed by atoms with Gasteiger partial charge >= 0.3 is 0 Å². The minimum Gasteiger partial charge on any atom is -0.382 e. The molecule has 4 rings (SSSR count). The number of piperidine rings is 1. The van der Waals surface area contributed by atoms with Crippen LogP contribution >= 0.6 is 0 Å². The predicted octanol–water partition coefficient (Wildman–Crippen LogP) is 2.36. The molecule has 1 aliphatic heterocycles. The molecule has 6 nitrogen and oxygen atoms in total. The van der Waals surface area contributed by atoms with Gasteiger partial charge in [0.25, 0.3) is 0 Å². The van der Waals surface area contributed by atoms with Crippen molar-refractivity contribution in [3.63, 3.8) is 0 Å². The molecule has 3 aromatic rings. The normalized spacial score (nSPS) is 15.4. The van der Waals surface area contributed by atoms with Gasteiger partial charge in [-0.25, -0.2) is 9.50 Å². The summed E-state index contributed by atoms with van der Waals surface area (Å²) in [6, 6.07) is 5.74. The van der Waals surface area contributed by atoms with E-state index in [2.05, 4.69) is 20.0 Å². The second-order valence-electron chi connectivity index (χ2n) is 5.60. The quantitative estimate of drug-likeness (QED) is 0.785. The van der Waals surface area contributed by atoms with Crippen LogP contribution in [0.15, 0.2) is 36.8 Å². The smallest absolute Gasteiger partial charge is 0.166 e. The SMILES string of the molecule is Nc1nn2cc(N3CCCCC3)cnc2c1-c1ccccn1. The number of anilines is 2. The van der Waals surface area contributed by atoms with Crippen molar-refractivity contribution in [1.29, 1.82) is 0 Å². The first-order valence-corrected chi connectivity index (χ1v) is 7.63. The largest absolute Gasteiger partial charge is 0.382 e. The van der Waals surface area contributed by atoms with Crippen LogP contribution in [0.5, 0.6) is 0 Å². The number of aromatic nitrogens is 4. The monoisotopic (exact) mass is 294 g/mol. The number of nitrogens with zero attached hydrogens (tertiary/aromatic N) is 5. The maximum absolute atomic E-state index is 6.09. The minimum absolute atomic E-state index is 0.460. The standard InChI is InChI=1S/C16H18N6/c17-15-14(13-6-2-3-7-18-13)16-19-10-12(11-22(16)20-15)21-8-4-1-5-9-21/h2-3,6-7,10-11H,1,4-5,8-9H2,(H2,17,20). The Bertz CT molecular complexity index is 789. The summed E-state index contributed by atoms with van der Waals surface area (Å²) in [5, 5.41) is 4.41. The molecule has 4 heterocycles. The highest BCUT2D eigenvalue weighted by molar-refractivity contribution is 5.84. The van der Waals surface area contributed by atoms with Crippen LogP contribution in [-0.2, 0) is 0 Å². The first-order valence-electron chi connectivity index (χ1n) is 7.63. The van der Waals surface area contributed by atoms with Crippen molar-refractivity contribution in [2.45, 2.75) is 19.3 Å². The van der Waals surface area contributed by atoms with E-state index in [0.29, 0.717) is 5.82 Å². The van der Waals surface area contributed by atoms with Crippen molar-refractivity contribution in [1.82, 2.24) is 19.6 Å². The zero-order chi connectivity index (χ0) is 14.9. The Morgan fingerprint density at radius 2 is 1.91 bits per heavy atom. The third-order valence-corrected chi connectivity index (χ3v) is 4.13. The molecule has 1 saturated heterocycles. The second kappa shape index (κ2) is 5.29. The van der Waals surface area contributed by atoms with Gasteiger partial charge in [-0.15, -0.1) is 5.10 Å². The molecule has 0 unspecified atom stereocenters. The maximum Gasteiger partial charge on any atom is 0.166 e. The lowest BCUT2D eigenvalue weighted by Crippen LogP contribution is -2.29. The van der Waals surface area contributed by atoms with E-state index in [4.69, 9.17) is 5.73 Å². The van der Waals surface area contributed by atoms with E-state index < -0.39 is 0 Å². The number of rotatable bonds is 2. The Balaban J connectivity index is 1.79. The van der Waals surface area contributed by atoms with E-state index in [1.165, 1.54) is 19.3 Å². The van der Waals surface area contributed by atoms with Gasteiger partial charge in [0.2, 0.25) is 0 Å². The van der Waals surface area contributed by atoms with Crippen molar-refractivity contribution in [3.8, 4) is 11.3 Å². The molecule has 0 aromatic carbocycles. The van der Waals surface area contributed by atoms with Crippen molar-refractivity contribution in [2.24, 2.45) is 0 Å². The Morgan fingerprint density at radius 3 is 2.68 bits per heavy atom. The molecule has 2 N–H and O–H groups in total. The van der Waals surface area contributed by atoms with E-state index in [9.17, 15) is 0 Å². The molecule has 0 amide bonds. The van der Waals surface area contributed by atoms with Gasteiger partial charge in [0, 0.05) is 19.3 Å². The summed E-state index contributed by atoms with van der Waals surface area (Å²) >= 11 is 0. The van der Waals surface area contributed by atoms with Gasteiger partial charge in [-0.2, -0.15) is 0 Å². The molecule has 3 aromatic heterocycles. The Kier molecular flexibility index (Phi) is 3.14. The van der Waals surface area contributed by atoms with E-state index in [-0.39, 0.29) is 0 Å². The molecule has 1 fully saturated rings. The van der Waals surface area contributed by atoms with E-state index in [0.717, 1.165) is 35.7 Å². The summed E-state index contributed by atoms with van der Waals surface area (Å²) in [7, 11) is 0. The molecule has 0 atom stereocenters. The maximum atomic E-state index is 6.09. The van der Waals surface area contributed by atoms with Gasteiger partial charge < -0.3 is 10.6 Å². The van der Waals surface area contributed by atoms with Crippen molar-refractivity contribution < 1.29 is 0 Å². The topological polar surface area (TPSA) is 72.3 Å². The van der Waals surface area contributed by atoms with Crippen LogP contribution in [0.2, 0.25) is 0 Å². The number of hydrogen-bond donors (Lipinski definition) is 1. The van der Waals surface area contributed by atoms with Crippen LogP contribution < -0.4 is 10.6 Å². The predicted molar refractivity (Wildman–Crippen MR) is 86.7 cm³/mol. The van der Waals surface area contributed by atoms with Crippen molar-refractivity contribution in [3.05, 3.63) is 36.8 Å². The first kappa shape index (κ1) is 13.1. The third kappa shape index (κ3) is 2.16. The molecule has 22 heavy (non-hydrogen) atoms. The number of nitrogens with two attached hydrogens (primary N) is 1. The van der Waals surface area contributed by atoms with Crippen LogP contribution in [0.3, 0.4) is 0 Å². The first-order chi connectivity index (χ1) is 10.8. The number of hydrogen-bond acceptors (Lipinski definition) is 5. The average molecular weight is 294 g/mol. The summed E-state index contributed by atoms with van der Waals surface area (Å²) in [4.78, 5) is 11.3. The number of pyridine rings is 1. The molecule has 0 spiro atoms. The Hall–Kier alpha value is -2.63. The lowest BCUT2D eigenvalue weighted by Gasteiger charge is -2.28. The molecule has 6 heteroatoms. The summed E-state index contributed by atoms with van der Waals surface area (Å²) in [6.45, 7) is 2.16. The fourth-order valence-corrected chi connectivity index (χ4v) is 3.01. The van der Waals surface area contributed by atoms with Gasteiger partial charge in [0.05, 0.1) is 29.3 Å². The molecule has 0 saturated carbocycles. The fourth-order valence-electron chi connectivity index (χ4n) is 3.01.